The van der Waals surface area contributed by atoms with Gasteiger partial charge in [0, 0.05) is 29.6 Å². The minimum atomic E-state index is -0.137. The highest BCUT2D eigenvalue weighted by Crippen LogP contribution is 2.26. The van der Waals surface area contributed by atoms with Crippen LogP contribution in [0.3, 0.4) is 0 Å². The summed E-state index contributed by atoms with van der Waals surface area (Å²) in [4.78, 5) is 15.0. The first-order chi connectivity index (χ1) is 13.2. The maximum Gasteiger partial charge on any atom is 0.287 e. The van der Waals surface area contributed by atoms with Crippen molar-refractivity contribution in [1.82, 2.24) is 10.2 Å². The summed E-state index contributed by atoms with van der Waals surface area (Å²) in [5, 5.41) is 3.12. The van der Waals surface area contributed by atoms with Crippen LogP contribution < -0.4 is 10.1 Å². The highest BCUT2D eigenvalue weighted by molar-refractivity contribution is 9.10. The van der Waals surface area contributed by atoms with E-state index < -0.39 is 0 Å². The van der Waals surface area contributed by atoms with Crippen molar-refractivity contribution in [2.75, 3.05) is 13.1 Å². The lowest BCUT2D eigenvalue weighted by Gasteiger charge is -2.23. The van der Waals surface area contributed by atoms with E-state index in [1.165, 1.54) is 25.7 Å². The summed E-state index contributed by atoms with van der Waals surface area (Å²) in [6.45, 7) is 2.33. The Kier molecular flexibility index (Phi) is 5.83. The Morgan fingerprint density at radius 3 is 2.89 bits per heavy atom. The van der Waals surface area contributed by atoms with Crippen LogP contribution in [-0.4, -0.2) is 36.0 Å². The Morgan fingerprint density at radius 1 is 1.22 bits per heavy atom. The van der Waals surface area contributed by atoms with Crippen LogP contribution in [-0.2, 0) is 6.61 Å². The second kappa shape index (κ2) is 8.48. The van der Waals surface area contributed by atoms with E-state index in [0.29, 0.717) is 18.1 Å². The summed E-state index contributed by atoms with van der Waals surface area (Å²) in [7, 11) is 0. The molecule has 0 bridgehead atoms. The molecule has 4 rings (SSSR count). The van der Waals surface area contributed by atoms with Crippen LogP contribution in [0.1, 0.15) is 48.4 Å². The Morgan fingerprint density at radius 2 is 2.07 bits per heavy atom. The van der Waals surface area contributed by atoms with E-state index >= 15 is 0 Å². The third-order valence-corrected chi connectivity index (χ3v) is 5.95. The minimum Gasteiger partial charge on any atom is -0.486 e. The number of amides is 1. The number of benzene rings is 1. The van der Waals surface area contributed by atoms with Gasteiger partial charge in [-0.25, -0.2) is 0 Å². The Labute approximate surface area is 168 Å². The summed E-state index contributed by atoms with van der Waals surface area (Å²) in [6, 6.07) is 12.1. The molecule has 1 saturated carbocycles. The van der Waals surface area contributed by atoms with Crippen LogP contribution >= 0.6 is 15.9 Å². The molecule has 144 valence electrons. The monoisotopic (exact) mass is 432 g/mol. The highest BCUT2D eigenvalue weighted by atomic mass is 79.9. The molecule has 2 fully saturated rings. The Balaban J connectivity index is 1.27. The predicted molar refractivity (Wildman–Crippen MR) is 107 cm³/mol. The fourth-order valence-electron chi connectivity index (χ4n) is 4.05. The van der Waals surface area contributed by atoms with Crippen LogP contribution in [0.15, 0.2) is 45.3 Å². The standard InChI is InChI=1S/C21H25BrN2O3/c22-15-4-3-7-18(12-15)26-14-19-8-9-20(27-19)21(25)23-16-10-11-24(13-16)17-5-1-2-6-17/h3-4,7-9,12,16-17H,1-2,5-6,10-11,13-14H2,(H,23,25). The van der Waals surface area contributed by atoms with Gasteiger partial charge in [0.1, 0.15) is 18.1 Å². The lowest BCUT2D eigenvalue weighted by atomic mass is 10.2. The highest BCUT2D eigenvalue weighted by Gasteiger charge is 2.31. The molecule has 1 aliphatic carbocycles. The molecule has 1 unspecified atom stereocenters. The number of nitrogens with zero attached hydrogens (tertiary/aromatic N) is 1. The molecule has 2 heterocycles. The van der Waals surface area contributed by atoms with Crippen molar-refractivity contribution < 1.29 is 13.9 Å². The third-order valence-electron chi connectivity index (χ3n) is 5.46. The van der Waals surface area contributed by atoms with E-state index in [4.69, 9.17) is 9.15 Å². The van der Waals surface area contributed by atoms with Crippen LogP contribution in [0, 0.1) is 0 Å². The van der Waals surface area contributed by atoms with Gasteiger partial charge in [0.15, 0.2) is 5.76 Å². The van der Waals surface area contributed by atoms with E-state index in [1.807, 2.05) is 24.3 Å². The van der Waals surface area contributed by atoms with Gasteiger partial charge in [-0.1, -0.05) is 34.8 Å². The Hall–Kier alpha value is -1.79. The number of likely N-dealkylation sites (tertiary alicyclic amines) is 1. The summed E-state index contributed by atoms with van der Waals surface area (Å²) in [5.41, 5.74) is 0. The zero-order valence-electron chi connectivity index (χ0n) is 15.3. The van der Waals surface area contributed by atoms with Gasteiger partial charge in [-0.2, -0.15) is 0 Å². The number of hydrogen-bond donors (Lipinski definition) is 1. The molecule has 1 aromatic carbocycles. The SMILES string of the molecule is O=C(NC1CCN(C2CCCC2)C1)c1ccc(COc2cccc(Br)c2)o1. The van der Waals surface area contributed by atoms with Crippen molar-refractivity contribution in [3.8, 4) is 5.75 Å². The third kappa shape index (κ3) is 4.74. The zero-order chi connectivity index (χ0) is 18.6. The molecule has 2 aliphatic rings. The van der Waals surface area contributed by atoms with Crippen LogP contribution in [0.5, 0.6) is 5.75 Å². The number of ether oxygens (including phenoxy) is 1. The molecule has 2 aromatic rings. The maximum atomic E-state index is 12.5. The molecule has 1 aromatic heterocycles. The topological polar surface area (TPSA) is 54.7 Å². The quantitative estimate of drug-likeness (QED) is 0.735. The van der Waals surface area contributed by atoms with E-state index in [1.54, 1.807) is 12.1 Å². The van der Waals surface area contributed by atoms with Gasteiger partial charge in [-0.05, 0) is 49.6 Å². The smallest absolute Gasteiger partial charge is 0.287 e. The van der Waals surface area contributed by atoms with Gasteiger partial charge in [-0.3, -0.25) is 9.69 Å². The number of furan rings is 1. The average Bonchev–Trinajstić information content (AvgIpc) is 3.41. The number of carbonyl (C=O) groups excluding carboxylic acids is 1. The van der Waals surface area contributed by atoms with Crippen molar-refractivity contribution in [2.45, 2.75) is 50.8 Å². The van der Waals surface area contributed by atoms with Crippen molar-refractivity contribution in [3.05, 3.63) is 52.4 Å². The Bertz CT molecular complexity index is 785. The summed E-state index contributed by atoms with van der Waals surface area (Å²) in [5.74, 6) is 1.60. The van der Waals surface area contributed by atoms with E-state index in [2.05, 4.69) is 26.1 Å². The number of carbonyl (C=O) groups is 1. The van der Waals surface area contributed by atoms with Gasteiger partial charge in [0.05, 0.1) is 0 Å². The summed E-state index contributed by atoms with van der Waals surface area (Å²) in [6.07, 6.45) is 6.31. The molecule has 1 atom stereocenters. The molecule has 6 heteroatoms. The lowest BCUT2D eigenvalue weighted by molar-refractivity contribution is 0.0904. The predicted octanol–water partition coefficient (Wildman–Crippen LogP) is 4.37. The van der Waals surface area contributed by atoms with Crippen molar-refractivity contribution in [1.29, 1.82) is 0 Å². The molecule has 5 nitrogen and oxygen atoms in total. The molecule has 0 radical (unpaired) electrons. The largest absolute Gasteiger partial charge is 0.486 e. The van der Waals surface area contributed by atoms with Crippen LogP contribution in [0.4, 0.5) is 0 Å². The zero-order valence-corrected chi connectivity index (χ0v) is 16.9. The molecule has 1 amide bonds. The second-order valence-electron chi connectivity index (χ2n) is 7.40. The molecule has 1 saturated heterocycles. The normalized spacial score (nSPS) is 20.9. The van der Waals surface area contributed by atoms with Gasteiger partial charge < -0.3 is 14.5 Å². The first kappa shape index (κ1) is 18.6. The van der Waals surface area contributed by atoms with Crippen LogP contribution in [0.25, 0.3) is 0 Å². The van der Waals surface area contributed by atoms with Crippen molar-refractivity contribution in [3.63, 3.8) is 0 Å². The molecular formula is C21H25BrN2O3. The molecular weight excluding hydrogens is 408 g/mol. The first-order valence-corrected chi connectivity index (χ1v) is 10.5. The first-order valence-electron chi connectivity index (χ1n) is 9.69. The molecule has 1 N–H and O–H groups in total. The fraction of sp³-hybridized carbons (Fsp3) is 0.476. The molecule has 0 spiro atoms. The molecule has 1 aliphatic heterocycles. The van der Waals surface area contributed by atoms with E-state index in [0.717, 1.165) is 35.8 Å². The van der Waals surface area contributed by atoms with Gasteiger partial charge in [0.2, 0.25) is 0 Å². The van der Waals surface area contributed by atoms with Gasteiger partial charge in [-0.15, -0.1) is 0 Å². The van der Waals surface area contributed by atoms with Crippen molar-refractivity contribution >= 4 is 21.8 Å². The second-order valence-corrected chi connectivity index (χ2v) is 8.32. The number of nitrogens with one attached hydrogen (secondary N) is 1. The maximum absolute atomic E-state index is 12.5. The summed E-state index contributed by atoms with van der Waals surface area (Å²) >= 11 is 3.42. The minimum absolute atomic E-state index is 0.137. The number of hydrogen-bond acceptors (Lipinski definition) is 4. The van der Waals surface area contributed by atoms with E-state index in [9.17, 15) is 4.79 Å². The average molecular weight is 433 g/mol. The number of halogens is 1. The van der Waals surface area contributed by atoms with Gasteiger partial charge >= 0.3 is 0 Å². The van der Waals surface area contributed by atoms with Crippen LogP contribution in [0.2, 0.25) is 0 Å². The van der Waals surface area contributed by atoms with E-state index in [-0.39, 0.29) is 11.9 Å². The molecule has 27 heavy (non-hydrogen) atoms. The van der Waals surface area contributed by atoms with Crippen molar-refractivity contribution in [2.24, 2.45) is 0 Å². The fourth-order valence-corrected chi connectivity index (χ4v) is 4.43. The summed E-state index contributed by atoms with van der Waals surface area (Å²) < 4.78 is 12.3. The lowest BCUT2D eigenvalue weighted by Crippen LogP contribution is -2.39. The van der Waals surface area contributed by atoms with Gasteiger partial charge in [0.25, 0.3) is 5.91 Å². The number of rotatable bonds is 6.